The Morgan fingerprint density at radius 2 is 1.94 bits per heavy atom. The maximum atomic E-state index is 10.0. The molecule has 1 aromatic carbocycles. The van der Waals surface area contributed by atoms with E-state index in [-0.39, 0.29) is 29.8 Å². The molecule has 1 aliphatic rings. The lowest BCUT2D eigenvalue weighted by molar-refractivity contribution is 0.0384. The Labute approximate surface area is 102 Å². The van der Waals surface area contributed by atoms with Gasteiger partial charge in [0.2, 0.25) is 0 Å². The predicted molar refractivity (Wildman–Crippen MR) is 66.0 cm³/mol. The van der Waals surface area contributed by atoms with E-state index in [1.165, 1.54) is 0 Å². The number of aliphatic hydroxyl groups excluding tert-OH is 1. The normalized spacial score (nSPS) is 29.5. The molecule has 1 saturated heterocycles. The first-order valence-corrected chi connectivity index (χ1v) is 5.35. The van der Waals surface area contributed by atoms with Crippen LogP contribution in [0.25, 0.3) is 0 Å². The fourth-order valence-electron chi connectivity index (χ4n) is 2.15. The summed E-state index contributed by atoms with van der Waals surface area (Å²) >= 11 is 0. The standard InChI is InChI=1S/C12H17NO2.ClH/c1-12(11(15)3-2-8-13-12)9-4-6-10(14)7-5-9;/h4-7,11,13-15H,2-3,8H2,1H3;1H. The van der Waals surface area contributed by atoms with Gasteiger partial charge in [0, 0.05) is 0 Å². The van der Waals surface area contributed by atoms with Crippen molar-refractivity contribution < 1.29 is 10.2 Å². The molecular weight excluding hydrogens is 226 g/mol. The third kappa shape index (κ3) is 2.32. The van der Waals surface area contributed by atoms with Gasteiger partial charge in [-0.05, 0) is 44.0 Å². The van der Waals surface area contributed by atoms with Gasteiger partial charge >= 0.3 is 0 Å². The van der Waals surface area contributed by atoms with Crippen LogP contribution in [0.4, 0.5) is 0 Å². The number of hydrogen-bond donors (Lipinski definition) is 3. The maximum Gasteiger partial charge on any atom is 0.115 e. The lowest BCUT2D eigenvalue weighted by atomic mass is 9.81. The van der Waals surface area contributed by atoms with E-state index in [0.29, 0.717) is 0 Å². The summed E-state index contributed by atoms with van der Waals surface area (Å²) in [5.74, 6) is 0.257. The van der Waals surface area contributed by atoms with Crippen molar-refractivity contribution in [3.05, 3.63) is 29.8 Å². The zero-order valence-electron chi connectivity index (χ0n) is 9.31. The molecule has 0 saturated carbocycles. The van der Waals surface area contributed by atoms with E-state index in [1.54, 1.807) is 12.1 Å². The third-order valence-electron chi connectivity index (χ3n) is 3.28. The van der Waals surface area contributed by atoms with Crippen LogP contribution in [-0.2, 0) is 5.54 Å². The minimum absolute atomic E-state index is 0. The van der Waals surface area contributed by atoms with Crippen molar-refractivity contribution in [1.82, 2.24) is 5.32 Å². The fraction of sp³-hybridized carbons (Fsp3) is 0.500. The number of benzene rings is 1. The highest BCUT2D eigenvalue weighted by atomic mass is 35.5. The van der Waals surface area contributed by atoms with E-state index >= 15 is 0 Å². The molecule has 0 amide bonds. The van der Waals surface area contributed by atoms with E-state index in [0.717, 1.165) is 24.9 Å². The molecule has 1 aromatic rings. The highest BCUT2D eigenvalue weighted by Crippen LogP contribution is 2.30. The van der Waals surface area contributed by atoms with Gasteiger partial charge in [0.05, 0.1) is 11.6 Å². The Morgan fingerprint density at radius 3 is 2.50 bits per heavy atom. The Kier molecular flexibility index (Phi) is 4.19. The molecule has 3 N–H and O–H groups in total. The summed E-state index contributed by atoms with van der Waals surface area (Å²) in [5, 5.41) is 22.6. The molecule has 16 heavy (non-hydrogen) atoms. The molecule has 0 spiro atoms. The minimum atomic E-state index is -0.383. The van der Waals surface area contributed by atoms with Crippen LogP contribution in [0.5, 0.6) is 5.75 Å². The van der Waals surface area contributed by atoms with Crippen LogP contribution < -0.4 is 5.32 Å². The number of piperidine rings is 1. The smallest absolute Gasteiger partial charge is 0.115 e. The molecule has 2 rings (SSSR count). The average Bonchev–Trinajstić information content (AvgIpc) is 2.23. The van der Waals surface area contributed by atoms with E-state index < -0.39 is 0 Å². The van der Waals surface area contributed by atoms with Crippen LogP contribution in [0, 0.1) is 0 Å². The van der Waals surface area contributed by atoms with E-state index in [9.17, 15) is 10.2 Å². The largest absolute Gasteiger partial charge is 0.508 e. The van der Waals surface area contributed by atoms with Gasteiger partial charge in [-0.1, -0.05) is 12.1 Å². The van der Waals surface area contributed by atoms with E-state index in [1.807, 2.05) is 19.1 Å². The number of nitrogens with one attached hydrogen (secondary N) is 1. The summed E-state index contributed by atoms with van der Waals surface area (Å²) in [6, 6.07) is 7.03. The second kappa shape index (κ2) is 5.04. The molecule has 1 fully saturated rings. The molecule has 0 bridgehead atoms. The summed E-state index contributed by atoms with van der Waals surface area (Å²) < 4.78 is 0. The Bertz CT molecular complexity index is 341. The number of hydrogen-bond acceptors (Lipinski definition) is 3. The maximum absolute atomic E-state index is 10.0. The van der Waals surface area contributed by atoms with Crippen molar-refractivity contribution >= 4 is 12.4 Å². The predicted octanol–water partition coefficient (Wildman–Crippen LogP) is 1.77. The SMILES string of the molecule is CC1(c2ccc(O)cc2)NCCCC1O.Cl. The summed E-state index contributed by atoms with van der Waals surface area (Å²) in [4.78, 5) is 0. The van der Waals surface area contributed by atoms with Crippen molar-refractivity contribution in [3.63, 3.8) is 0 Å². The number of phenols is 1. The second-order valence-corrected chi connectivity index (χ2v) is 4.33. The summed E-state index contributed by atoms with van der Waals surface area (Å²) in [6.07, 6.45) is 1.47. The minimum Gasteiger partial charge on any atom is -0.508 e. The van der Waals surface area contributed by atoms with Crippen molar-refractivity contribution in [1.29, 1.82) is 0 Å². The molecule has 0 aliphatic carbocycles. The summed E-state index contributed by atoms with van der Waals surface area (Å²) in [6.45, 7) is 2.93. The number of phenolic OH excluding ortho intramolecular Hbond substituents is 1. The first kappa shape index (κ1) is 13.3. The highest BCUT2D eigenvalue weighted by Gasteiger charge is 2.36. The number of rotatable bonds is 1. The zero-order valence-corrected chi connectivity index (χ0v) is 10.1. The van der Waals surface area contributed by atoms with Crippen LogP contribution in [0.1, 0.15) is 25.3 Å². The quantitative estimate of drug-likeness (QED) is 0.705. The summed E-state index contributed by atoms with van der Waals surface area (Å²) in [7, 11) is 0. The third-order valence-corrected chi connectivity index (χ3v) is 3.28. The van der Waals surface area contributed by atoms with E-state index in [2.05, 4.69) is 5.32 Å². The van der Waals surface area contributed by atoms with Gasteiger partial charge in [-0.15, -0.1) is 12.4 Å². The highest BCUT2D eigenvalue weighted by molar-refractivity contribution is 5.85. The number of halogens is 1. The van der Waals surface area contributed by atoms with Crippen molar-refractivity contribution in [2.75, 3.05) is 6.54 Å². The Balaban J connectivity index is 0.00000128. The molecule has 3 nitrogen and oxygen atoms in total. The van der Waals surface area contributed by atoms with E-state index in [4.69, 9.17) is 0 Å². The van der Waals surface area contributed by atoms with Gasteiger partial charge in [-0.2, -0.15) is 0 Å². The van der Waals surface area contributed by atoms with Crippen molar-refractivity contribution in [3.8, 4) is 5.75 Å². The fourth-order valence-corrected chi connectivity index (χ4v) is 2.15. The lowest BCUT2D eigenvalue weighted by Gasteiger charge is -2.40. The van der Waals surface area contributed by atoms with Crippen LogP contribution in [0.2, 0.25) is 0 Å². The molecular formula is C12H18ClNO2. The molecule has 4 heteroatoms. The molecule has 1 heterocycles. The van der Waals surface area contributed by atoms with Gasteiger partial charge in [-0.25, -0.2) is 0 Å². The van der Waals surface area contributed by atoms with Gasteiger partial charge < -0.3 is 15.5 Å². The first-order valence-electron chi connectivity index (χ1n) is 5.35. The molecule has 0 radical (unpaired) electrons. The van der Waals surface area contributed by atoms with Gasteiger partial charge in [0.25, 0.3) is 0 Å². The Hall–Kier alpha value is -0.770. The molecule has 1 aliphatic heterocycles. The molecule has 90 valence electrons. The van der Waals surface area contributed by atoms with Gasteiger partial charge in [-0.3, -0.25) is 0 Å². The molecule has 0 aromatic heterocycles. The Morgan fingerprint density at radius 1 is 1.31 bits per heavy atom. The van der Waals surface area contributed by atoms with Crippen LogP contribution in [0.3, 0.4) is 0 Å². The lowest BCUT2D eigenvalue weighted by Crippen LogP contribution is -2.53. The van der Waals surface area contributed by atoms with Crippen molar-refractivity contribution in [2.45, 2.75) is 31.4 Å². The average molecular weight is 244 g/mol. The second-order valence-electron chi connectivity index (χ2n) is 4.33. The molecule has 2 unspecified atom stereocenters. The van der Waals surface area contributed by atoms with Crippen molar-refractivity contribution in [2.24, 2.45) is 0 Å². The van der Waals surface area contributed by atoms with Gasteiger partial charge in [0.1, 0.15) is 5.75 Å². The van der Waals surface area contributed by atoms with Crippen LogP contribution >= 0.6 is 12.4 Å². The summed E-state index contributed by atoms with van der Waals surface area (Å²) in [5.41, 5.74) is 0.638. The zero-order chi connectivity index (χ0) is 10.9. The van der Waals surface area contributed by atoms with Crippen LogP contribution in [-0.4, -0.2) is 22.9 Å². The van der Waals surface area contributed by atoms with Crippen LogP contribution in [0.15, 0.2) is 24.3 Å². The first-order chi connectivity index (χ1) is 7.13. The molecule has 2 atom stereocenters. The topological polar surface area (TPSA) is 52.5 Å². The van der Waals surface area contributed by atoms with Gasteiger partial charge in [0.15, 0.2) is 0 Å². The monoisotopic (exact) mass is 243 g/mol. The number of aromatic hydroxyl groups is 1. The number of aliphatic hydroxyl groups is 1.